The molecule has 1 saturated heterocycles. The Balaban J connectivity index is 1.87. The standard InChI is InChI=1S/C14H21NO/c1-10-8-11-4-2-3-5-13(11)15-7-6-12(16)9-14(10)15/h6-7,10-11,13-14H,2-5,8-9H2,1H3. The van der Waals surface area contributed by atoms with Crippen molar-refractivity contribution in [3.63, 3.8) is 0 Å². The van der Waals surface area contributed by atoms with Gasteiger partial charge < -0.3 is 4.90 Å². The van der Waals surface area contributed by atoms with Gasteiger partial charge in [0, 0.05) is 24.7 Å². The Bertz CT molecular complexity index is 323. The van der Waals surface area contributed by atoms with Crippen LogP contribution in [0.25, 0.3) is 0 Å². The molecule has 3 aliphatic rings. The zero-order valence-electron chi connectivity index (χ0n) is 10.1. The summed E-state index contributed by atoms with van der Waals surface area (Å²) in [4.78, 5) is 14.0. The van der Waals surface area contributed by atoms with Crippen LogP contribution in [0.15, 0.2) is 12.3 Å². The largest absolute Gasteiger partial charge is 0.370 e. The average molecular weight is 219 g/mol. The highest BCUT2D eigenvalue weighted by Gasteiger charge is 2.42. The van der Waals surface area contributed by atoms with Gasteiger partial charge in [-0.25, -0.2) is 0 Å². The molecule has 0 aromatic carbocycles. The topological polar surface area (TPSA) is 20.3 Å². The van der Waals surface area contributed by atoms with E-state index < -0.39 is 0 Å². The van der Waals surface area contributed by atoms with Crippen molar-refractivity contribution in [2.45, 2.75) is 57.5 Å². The van der Waals surface area contributed by atoms with Gasteiger partial charge >= 0.3 is 0 Å². The molecule has 0 spiro atoms. The van der Waals surface area contributed by atoms with Crippen molar-refractivity contribution < 1.29 is 4.79 Å². The number of fused-ring (bicyclic) bond motifs is 3. The lowest BCUT2D eigenvalue weighted by molar-refractivity contribution is -0.118. The van der Waals surface area contributed by atoms with Gasteiger partial charge in [0.15, 0.2) is 5.78 Å². The van der Waals surface area contributed by atoms with Crippen LogP contribution in [0, 0.1) is 11.8 Å². The molecule has 4 atom stereocenters. The second-order valence-corrected chi connectivity index (χ2v) is 5.83. The van der Waals surface area contributed by atoms with Crippen molar-refractivity contribution in [1.29, 1.82) is 0 Å². The monoisotopic (exact) mass is 219 g/mol. The van der Waals surface area contributed by atoms with Gasteiger partial charge in [-0.1, -0.05) is 19.8 Å². The maximum atomic E-state index is 11.5. The molecule has 0 aromatic heterocycles. The van der Waals surface area contributed by atoms with Crippen LogP contribution in [0.3, 0.4) is 0 Å². The van der Waals surface area contributed by atoms with Crippen LogP contribution < -0.4 is 0 Å². The summed E-state index contributed by atoms with van der Waals surface area (Å²) < 4.78 is 0. The van der Waals surface area contributed by atoms with Gasteiger partial charge in [-0.15, -0.1) is 0 Å². The quantitative estimate of drug-likeness (QED) is 0.624. The minimum Gasteiger partial charge on any atom is -0.370 e. The first kappa shape index (κ1) is 10.4. The lowest BCUT2D eigenvalue weighted by Crippen LogP contribution is -2.54. The molecule has 2 aliphatic heterocycles. The highest BCUT2D eigenvalue weighted by Crippen LogP contribution is 2.42. The van der Waals surface area contributed by atoms with Crippen molar-refractivity contribution in [2.75, 3.05) is 0 Å². The van der Waals surface area contributed by atoms with Crippen LogP contribution >= 0.6 is 0 Å². The molecule has 1 aliphatic carbocycles. The fourth-order valence-corrected chi connectivity index (χ4v) is 4.00. The third kappa shape index (κ3) is 1.59. The first-order valence-electron chi connectivity index (χ1n) is 6.74. The molecule has 0 aromatic rings. The highest BCUT2D eigenvalue weighted by molar-refractivity contribution is 5.90. The predicted octanol–water partition coefficient (Wildman–Crippen LogP) is 2.74. The Morgan fingerprint density at radius 1 is 1.25 bits per heavy atom. The minimum atomic E-state index is 0.322. The van der Waals surface area contributed by atoms with Gasteiger partial charge in [0.05, 0.1) is 0 Å². The van der Waals surface area contributed by atoms with Crippen LogP contribution in [-0.2, 0) is 4.79 Å². The predicted molar refractivity (Wildman–Crippen MR) is 63.9 cm³/mol. The lowest BCUT2D eigenvalue weighted by atomic mass is 9.71. The molecule has 0 radical (unpaired) electrons. The number of ketones is 1. The second-order valence-electron chi connectivity index (χ2n) is 5.83. The summed E-state index contributed by atoms with van der Waals surface area (Å²) in [7, 11) is 0. The maximum absolute atomic E-state index is 11.5. The Labute approximate surface area is 97.7 Å². The molecular formula is C14H21NO. The Morgan fingerprint density at radius 2 is 2.06 bits per heavy atom. The summed E-state index contributed by atoms with van der Waals surface area (Å²) in [6, 6.07) is 1.23. The zero-order valence-corrected chi connectivity index (χ0v) is 10.1. The molecule has 0 bridgehead atoms. The summed E-state index contributed by atoms with van der Waals surface area (Å²) in [6.45, 7) is 2.33. The van der Waals surface area contributed by atoms with E-state index in [1.807, 2.05) is 0 Å². The summed E-state index contributed by atoms with van der Waals surface area (Å²) in [5.74, 6) is 1.90. The molecule has 0 N–H and O–H groups in total. The molecule has 2 nitrogen and oxygen atoms in total. The first-order valence-corrected chi connectivity index (χ1v) is 6.74. The number of piperidine rings is 1. The number of hydrogen-bond acceptors (Lipinski definition) is 2. The van der Waals surface area contributed by atoms with Gasteiger partial charge in [-0.3, -0.25) is 4.79 Å². The number of allylic oxidation sites excluding steroid dienone is 1. The number of carbonyl (C=O) groups excluding carboxylic acids is 1. The van der Waals surface area contributed by atoms with Crippen LogP contribution in [-0.4, -0.2) is 22.8 Å². The molecule has 2 heterocycles. The van der Waals surface area contributed by atoms with Crippen LogP contribution in [0.4, 0.5) is 0 Å². The first-order chi connectivity index (χ1) is 7.75. The van der Waals surface area contributed by atoms with Crippen molar-refractivity contribution in [3.8, 4) is 0 Å². The smallest absolute Gasteiger partial charge is 0.159 e. The van der Waals surface area contributed by atoms with Gasteiger partial charge in [0.1, 0.15) is 0 Å². The number of hydrogen-bond donors (Lipinski definition) is 0. The third-order valence-electron chi connectivity index (χ3n) is 4.81. The maximum Gasteiger partial charge on any atom is 0.159 e. The molecule has 3 rings (SSSR count). The van der Waals surface area contributed by atoms with E-state index in [1.54, 1.807) is 6.08 Å². The molecule has 2 fully saturated rings. The Kier molecular flexibility index (Phi) is 2.53. The molecule has 1 saturated carbocycles. The molecule has 0 amide bonds. The zero-order chi connectivity index (χ0) is 11.1. The van der Waals surface area contributed by atoms with Gasteiger partial charge in [-0.05, 0) is 37.2 Å². The van der Waals surface area contributed by atoms with E-state index in [0.717, 1.165) is 18.4 Å². The number of rotatable bonds is 0. The van der Waals surface area contributed by atoms with Crippen LogP contribution in [0.2, 0.25) is 0 Å². The van der Waals surface area contributed by atoms with E-state index in [4.69, 9.17) is 0 Å². The molecule has 16 heavy (non-hydrogen) atoms. The number of nitrogens with zero attached hydrogens (tertiary/aromatic N) is 1. The highest BCUT2D eigenvalue weighted by atomic mass is 16.1. The van der Waals surface area contributed by atoms with Crippen molar-refractivity contribution in [3.05, 3.63) is 12.3 Å². The van der Waals surface area contributed by atoms with E-state index in [0.29, 0.717) is 17.7 Å². The molecule has 2 heteroatoms. The van der Waals surface area contributed by atoms with Gasteiger partial charge in [-0.2, -0.15) is 0 Å². The second kappa shape index (κ2) is 3.90. The van der Waals surface area contributed by atoms with Gasteiger partial charge in [0.2, 0.25) is 0 Å². The minimum absolute atomic E-state index is 0.322. The fraction of sp³-hybridized carbons (Fsp3) is 0.786. The van der Waals surface area contributed by atoms with E-state index >= 15 is 0 Å². The summed E-state index contributed by atoms with van der Waals surface area (Å²) in [5, 5.41) is 0. The average Bonchev–Trinajstić information content (AvgIpc) is 2.29. The summed E-state index contributed by atoms with van der Waals surface area (Å²) in [6.07, 6.45) is 11.5. The fourth-order valence-electron chi connectivity index (χ4n) is 4.00. The van der Waals surface area contributed by atoms with Gasteiger partial charge in [0.25, 0.3) is 0 Å². The van der Waals surface area contributed by atoms with Crippen LogP contribution in [0.1, 0.15) is 45.4 Å². The van der Waals surface area contributed by atoms with E-state index in [9.17, 15) is 4.79 Å². The third-order valence-corrected chi connectivity index (χ3v) is 4.81. The van der Waals surface area contributed by atoms with Crippen molar-refractivity contribution in [1.82, 2.24) is 4.90 Å². The number of carbonyl (C=O) groups is 1. The molecule has 88 valence electrons. The lowest BCUT2D eigenvalue weighted by Gasteiger charge is -2.52. The van der Waals surface area contributed by atoms with Crippen molar-refractivity contribution in [2.24, 2.45) is 11.8 Å². The van der Waals surface area contributed by atoms with Crippen molar-refractivity contribution >= 4 is 5.78 Å². The summed E-state index contributed by atoms with van der Waals surface area (Å²) >= 11 is 0. The van der Waals surface area contributed by atoms with Crippen LogP contribution in [0.5, 0.6) is 0 Å². The molecular weight excluding hydrogens is 198 g/mol. The SMILES string of the molecule is CC1CC2CCCCC2N2C=CC(=O)CC12. The summed E-state index contributed by atoms with van der Waals surface area (Å²) in [5.41, 5.74) is 0. The Hall–Kier alpha value is -0.790. The Morgan fingerprint density at radius 3 is 2.94 bits per heavy atom. The normalized spacial score (nSPS) is 42.8. The van der Waals surface area contributed by atoms with E-state index in [2.05, 4.69) is 18.0 Å². The molecule has 4 unspecified atom stereocenters. The van der Waals surface area contributed by atoms with E-state index in [1.165, 1.54) is 32.1 Å². The van der Waals surface area contributed by atoms with E-state index in [-0.39, 0.29) is 0 Å².